The first-order valence-corrected chi connectivity index (χ1v) is 10.5. The number of aryl methyl sites for hydroxylation is 1. The van der Waals surface area contributed by atoms with Gasteiger partial charge in [-0.15, -0.1) is 0 Å². The molecule has 30 heavy (non-hydrogen) atoms. The molecule has 0 spiro atoms. The van der Waals surface area contributed by atoms with E-state index in [0.29, 0.717) is 41.3 Å². The number of nitrogens with zero attached hydrogens (tertiary/aromatic N) is 3. The molecule has 4 rings (SSSR count). The van der Waals surface area contributed by atoms with E-state index in [1.165, 1.54) is 0 Å². The van der Waals surface area contributed by atoms with Crippen LogP contribution < -0.4 is 5.32 Å². The van der Waals surface area contributed by atoms with Crippen LogP contribution in [0.15, 0.2) is 52.9 Å². The van der Waals surface area contributed by atoms with Gasteiger partial charge in [0.05, 0.1) is 5.69 Å². The molecular weight excluding hydrogens is 423 g/mol. The van der Waals surface area contributed by atoms with E-state index in [4.69, 9.17) is 27.6 Å². The molecule has 3 aromatic rings. The lowest BCUT2D eigenvalue weighted by Crippen LogP contribution is -2.49. The third-order valence-electron chi connectivity index (χ3n) is 5.07. The van der Waals surface area contributed by atoms with Gasteiger partial charge in [-0.25, -0.2) is 9.78 Å². The first kappa shape index (κ1) is 20.7. The molecule has 1 saturated heterocycles. The maximum absolute atomic E-state index is 12.5. The van der Waals surface area contributed by atoms with Crippen LogP contribution in [0.3, 0.4) is 0 Å². The Morgan fingerprint density at radius 2 is 1.77 bits per heavy atom. The van der Waals surface area contributed by atoms with Crippen LogP contribution in [0, 0.1) is 6.92 Å². The molecule has 1 fully saturated rings. The van der Waals surface area contributed by atoms with Gasteiger partial charge in [-0.3, -0.25) is 4.90 Å². The number of oxazole rings is 1. The summed E-state index contributed by atoms with van der Waals surface area (Å²) in [7, 11) is 0. The van der Waals surface area contributed by atoms with E-state index in [-0.39, 0.29) is 6.03 Å². The second-order valence-corrected chi connectivity index (χ2v) is 8.11. The summed E-state index contributed by atoms with van der Waals surface area (Å²) in [5.74, 6) is 1.37. The lowest BCUT2D eigenvalue weighted by Gasteiger charge is -2.34. The molecule has 0 unspecified atom stereocenters. The van der Waals surface area contributed by atoms with Gasteiger partial charge in [0.2, 0.25) is 5.89 Å². The summed E-state index contributed by atoms with van der Waals surface area (Å²) in [6, 6.07) is 14.5. The van der Waals surface area contributed by atoms with Crippen molar-refractivity contribution >= 4 is 34.9 Å². The monoisotopic (exact) mass is 444 g/mol. The highest BCUT2D eigenvalue weighted by atomic mass is 35.5. The molecule has 0 aliphatic carbocycles. The van der Waals surface area contributed by atoms with Crippen molar-refractivity contribution in [1.82, 2.24) is 14.8 Å². The predicted molar refractivity (Wildman–Crippen MR) is 119 cm³/mol. The Kier molecular flexibility index (Phi) is 6.27. The van der Waals surface area contributed by atoms with Gasteiger partial charge in [0.25, 0.3) is 0 Å². The first-order chi connectivity index (χ1) is 14.5. The number of anilines is 1. The summed E-state index contributed by atoms with van der Waals surface area (Å²) in [4.78, 5) is 21.2. The third kappa shape index (κ3) is 4.95. The smallest absolute Gasteiger partial charge is 0.321 e. The minimum absolute atomic E-state index is 0.113. The maximum Gasteiger partial charge on any atom is 0.321 e. The topological polar surface area (TPSA) is 61.6 Å². The lowest BCUT2D eigenvalue weighted by molar-refractivity contribution is 0.141. The van der Waals surface area contributed by atoms with Crippen LogP contribution in [-0.2, 0) is 6.54 Å². The molecule has 1 aliphatic heterocycles. The van der Waals surface area contributed by atoms with Gasteiger partial charge in [-0.2, -0.15) is 0 Å². The molecule has 2 aromatic carbocycles. The van der Waals surface area contributed by atoms with Crippen molar-refractivity contribution in [2.45, 2.75) is 13.5 Å². The number of benzene rings is 2. The fourth-order valence-electron chi connectivity index (χ4n) is 3.41. The fourth-order valence-corrected chi connectivity index (χ4v) is 3.79. The van der Waals surface area contributed by atoms with Crippen LogP contribution in [-0.4, -0.2) is 47.0 Å². The molecule has 8 heteroatoms. The number of aromatic nitrogens is 1. The van der Waals surface area contributed by atoms with Gasteiger partial charge in [-0.05, 0) is 43.3 Å². The SMILES string of the molecule is Cc1oc(-c2cccc(Cl)c2)nc1CN1CCN(C(=O)Nc2cccc(Cl)c2)CC1. The summed E-state index contributed by atoms with van der Waals surface area (Å²) >= 11 is 12.1. The number of rotatable bonds is 4. The summed E-state index contributed by atoms with van der Waals surface area (Å²) in [5, 5.41) is 4.14. The van der Waals surface area contributed by atoms with E-state index in [0.717, 1.165) is 30.1 Å². The van der Waals surface area contributed by atoms with E-state index in [1.54, 1.807) is 12.1 Å². The third-order valence-corrected chi connectivity index (χ3v) is 5.54. The molecule has 1 N–H and O–H groups in total. The standard InChI is InChI=1S/C22H22Cl2N4O2/c1-15-20(26-21(30-15)16-4-2-5-17(23)12-16)14-27-8-10-28(11-9-27)22(29)25-19-7-3-6-18(24)13-19/h2-7,12-13H,8-11,14H2,1H3,(H,25,29). The number of carbonyl (C=O) groups excluding carboxylic acids is 1. The van der Waals surface area contributed by atoms with Gasteiger partial charge in [0.15, 0.2) is 0 Å². The summed E-state index contributed by atoms with van der Waals surface area (Å²) in [6.45, 7) is 5.42. The Morgan fingerprint density at radius 3 is 2.47 bits per heavy atom. The maximum atomic E-state index is 12.5. The lowest BCUT2D eigenvalue weighted by atomic mass is 10.2. The number of hydrogen-bond donors (Lipinski definition) is 1. The number of amides is 2. The highest BCUT2D eigenvalue weighted by molar-refractivity contribution is 6.31. The van der Waals surface area contributed by atoms with Gasteiger partial charge < -0.3 is 14.6 Å². The second-order valence-electron chi connectivity index (χ2n) is 7.24. The van der Waals surface area contributed by atoms with Crippen molar-refractivity contribution in [2.24, 2.45) is 0 Å². The van der Waals surface area contributed by atoms with Crippen LogP contribution in [0.2, 0.25) is 10.0 Å². The molecule has 2 heterocycles. The van der Waals surface area contributed by atoms with E-state index < -0.39 is 0 Å². The number of hydrogen-bond acceptors (Lipinski definition) is 4. The number of carbonyl (C=O) groups is 1. The zero-order valence-electron chi connectivity index (χ0n) is 16.6. The molecule has 0 radical (unpaired) electrons. The molecule has 0 atom stereocenters. The number of nitrogens with one attached hydrogen (secondary N) is 1. The van der Waals surface area contributed by atoms with Gasteiger partial charge >= 0.3 is 6.03 Å². The number of piperazine rings is 1. The fraction of sp³-hybridized carbons (Fsp3) is 0.273. The van der Waals surface area contributed by atoms with Crippen LogP contribution in [0.5, 0.6) is 0 Å². The Labute approximate surface area is 185 Å². The van der Waals surface area contributed by atoms with Crippen molar-refractivity contribution in [2.75, 3.05) is 31.5 Å². The van der Waals surface area contributed by atoms with Gasteiger partial charge in [0, 0.05) is 54.0 Å². The van der Waals surface area contributed by atoms with Crippen molar-refractivity contribution in [3.8, 4) is 11.5 Å². The normalized spacial score (nSPS) is 14.7. The van der Waals surface area contributed by atoms with E-state index >= 15 is 0 Å². The first-order valence-electron chi connectivity index (χ1n) is 9.74. The molecular formula is C22H22Cl2N4O2. The van der Waals surface area contributed by atoms with E-state index in [2.05, 4.69) is 15.2 Å². The van der Waals surface area contributed by atoms with Crippen molar-refractivity contribution < 1.29 is 9.21 Å². The van der Waals surface area contributed by atoms with Gasteiger partial charge in [-0.1, -0.05) is 35.3 Å². The highest BCUT2D eigenvalue weighted by Gasteiger charge is 2.23. The summed E-state index contributed by atoms with van der Waals surface area (Å²) < 4.78 is 5.85. The predicted octanol–water partition coefficient (Wildman–Crippen LogP) is 5.31. The number of urea groups is 1. The zero-order valence-corrected chi connectivity index (χ0v) is 18.1. The largest absolute Gasteiger partial charge is 0.441 e. The molecule has 1 aliphatic rings. The van der Waals surface area contributed by atoms with Crippen molar-refractivity contribution in [3.63, 3.8) is 0 Å². The van der Waals surface area contributed by atoms with E-state index in [9.17, 15) is 4.79 Å². The Bertz CT molecular complexity index is 1050. The molecule has 156 valence electrons. The number of halogens is 2. The quantitative estimate of drug-likeness (QED) is 0.592. The Hall–Kier alpha value is -2.54. The molecule has 6 nitrogen and oxygen atoms in total. The van der Waals surface area contributed by atoms with Crippen LogP contribution in [0.25, 0.3) is 11.5 Å². The molecule has 0 saturated carbocycles. The summed E-state index contributed by atoms with van der Waals surface area (Å²) in [5.41, 5.74) is 2.46. The van der Waals surface area contributed by atoms with Crippen LogP contribution in [0.4, 0.5) is 10.5 Å². The average Bonchev–Trinajstić information content (AvgIpc) is 3.09. The second kappa shape index (κ2) is 9.08. The molecule has 2 amide bonds. The molecule has 0 bridgehead atoms. The van der Waals surface area contributed by atoms with Crippen molar-refractivity contribution in [3.05, 3.63) is 70.0 Å². The molecule has 1 aromatic heterocycles. The van der Waals surface area contributed by atoms with Crippen LogP contribution >= 0.6 is 23.2 Å². The van der Waals surface area contributed by atoms with Crippen molar-refractivity contribution in [1.29, 1.82) is 0 Å². The summed E-state index contributed by atoms with van der Waals surface area (Å²) in [6.07, 6.45) is 0. The minimum Gasteiger partial charge on any atom is -0.441 e. The minimum atomic E-state index is -0.113. The average molecular weight is 445 g/mol. The highest BCUT2D eigenvalue weighted by Crippen LogP contribution is 2.25. The van der Waals surface area contributed by atoms with E-state index in [1.807, 2.05) is 48.2 Å². The Balaban J connectivity index is 1.33. The zero-order chi connectivity index (χ0) is 21.1. The Morgan fingerprint density at radius 1 is 1.07 bits per heavy atom. The van der Waals surface area contributed by atoms with Gasteiger partial charge in [0.1, 0.15) is 5.76 Å². The van der Waals surface area contributed by atoms with Crippen LogP contribution in [0.1, 0.15) is 11.5 Å².